The molecule has 0 aromatic carbocycles. The molecule has 1 radical (unpaired) electrons. The standard InChI is InChI=1S/C10H23O2Si/c1-5-8-9-10-13(4,11-6-2)12-7-3/h10H,5-9H2,1-4H3. The Morgan fingerprint density at radius 3 is 2.00 bits per heavy atom. The predicted molar refractivity (Wildman–Crippen MR) is 58.7 cm³/mol. The first-order chi connectivity index (χ1) is 6.18. The van der Waals surface area contributed by atoms with Crippen LogP contribution in [0.3, 0.4) is 0 Å². The van der Waals surface area contributed by atoms with E-state index in [0.717, 1.165) is 19.6 Å². The van der Waals surface area contributed by atoms with Crippen LogP contribution in [0.25, 0.3) is 0 Å². The second-order valence-electron chi connectivity index (χ2n) is 3.23. The summed E-state index contributed by atoms with van der Waals surface area (Å²) in [5, 5.41) is 0. The number of hydrogen-bond donors (Lipinski definition) is 0. The molecule has 0 amide bonds. The first-order valence-electron chi connectivity index (χ1n) is 5.30. The molecule has 0 bridgehead atoms. The highest BCUT2D eigenvalue weighted by atomic mass is 28.4. The van der Waals surface area contributed by atoms with Crippen LogP contribution in [0.1, 0.15) is 40.0 Å². The molecule has 0 heterocycles. The molecule has 0 saturated heterocycles. The molecule has 0 aromatic rings. The van der Waals surface area contributed by atoms with Crippen LogP contribution >= 0.6 is 0 Å². The molecule has 0 aliphatic heterocycles. The summed E-state index contributed by atoms with van der Waals surface area (Å²) < 4.78 is 11.4. The molecular formula is C10H23O2Si. The summed E-state index contributed by atoms with van der Waals surface area (Å²) in [5.41, 5.74) is 0. The minimum Gasteiger partial charge on any atom is -0.394 e. The van der Waals surface area contributed by atoms with Gasteiger partial charge in [-0.05, 0) is 26.8 Å². The minimum atomic E-state index is -1.91. The summed E-state index contributed by atoms with van der Waals surface area (Å²) in [4.78, 5) is 0. The second kappa shape index (κ2) is 7.53. The van der Waals surface area contributed by atoms with Crippen LogP contribution in [0.2, 0.25) is 6.55 Å². The molecule has 13 heavy (non-hydrogen) atoms. The Labute approximate surface area is 83.9 Å². The zero-order valence-electron chi connectivity index (χ0n) is 9.43. The molecule has 0 unspecified atom stereocenters. The van der Waals surface area contributed by atoms with Gasteiger partial charge >= 0.3 is 8.56 Å². The molecule has 2 nitrogen and oxygen atoms in total. The number of hydrogen-bond acceptors (Lipinski definition) is 2. The highest BCUT2D eigenvalue weighted by Gasteiger charge is 2.29. The van der Waals surface area contributed by atoms with E-state index in [4.69, 9.17) is 8.85 Å². The first-order valence-corrected chi connectivity index (χ1v) is 7.70. The Kier molecular flexibility index (Phi) is 7.61. The Hall–Kier alpha value is 0.137. The Morgan fingerprint density at radius 1 is 1.08 bits per heavy atom. The molecule has 0 spiro atoms. The molecule has 0 fully saturated rings. The molecule has 3 heteroatoms. The van der Waals surface area contributed by atoms with Gasteiger partial charge in [-0.2, -0.15) is 0 Å². The fraction of sp³-hybridized carbons (Fsp3) is 0.900. The Morgan fingerprint density at radius 2 is 1.62 bits per heavy atom. The van der Waals surface area contributed by atoms with Gasteiger partial charge in [-0.15, -0.1) is 0 Å². The van der Waals surface area contributed by atoms with E-state index in [1.54, 1.807) is 0 Å². The van der Waals surface area contributed by atoms with E-state index in [9.17, 15) is 0 Å². The Bertz CT molecular complexity index is 111. The summed E-state index contributed by atoms with van der Waals surface area (Å²) in [5.74, 6) is 0. The molecule has 0 atom stereocenters. The predicted octanol–water partition coefficient (Wildman–Crippen LogP) is 3.07. The van der Waals surface area contributed by atoms with Gasteiger partial charge in [0, 0.05) is 19.3 Å². The van der Waals surface area contributed by atoms with Crippen LogP contribution in [0, 0.1) is 6.04 Å². The molecule has 0 aliphatic carbocycles. The zero-order chi connectivity index (χ0) is 10.2. The van der Waals surface area contributed by atoms with Crippen molar-refractivity contribution >= 4 is 8.56 Å². The molecule has 0 saturated carbocycles. The average Bonchev–Trinajstić information content (AvgIpc) is 2.05. The van der Waals surface area contributed by atoms with Gasteiger partial charge in [-0.3, -0.25) is 0 Å². The lowest BCUT2D eigenvalue weighted by Gasteiger charge is -2.25. The fourth-order valence-corrected chi connectivity index (χ4v) is 3.50. The van der Waals surface area contributed by atoms with E-state index < -0.39 is 8.56 Å². The maximum atomic E-state index is 5.68. The van der Waals surface area contributed by atoms with Crippen LogP contribution in [-0.4, -0.2) is 21.8 Å². The number of rotatable bonds is 8. The van der Waals surface area contributed by atoms with E-state index in [2.05, 4.69) is 19.5 Å². The molecule has 0 aromatic heterocycles. The third-order valence-electron chi connectivity index (χ3n) is 1.93. The van der Waals surface area contributed by atoms with E-state index >= 15 is 0 Å². The lowest BCUT2D eigenvalue weighted by Crippen LogP contribution is -2.39. The monoisotopic (exact) mass is 203 g/mol. The van der Waals surface area contributed by atoms with Gasteiger partial charge in [-0.25, -0.2) is 0 Å². The van der Waals surface area contributed by atoms with Crippen molar-refractivity contribution in [1.29, 1.82) is 0 Å². The van der Waals surface area contributed by atoms with Crippen molar-refractivity contribution in [3.8, 4) is 0 Å². The molecule has 0 rings (SSSR count). The van der Waals surface area contributed by atoms with Crippen molar-refractivity contribution in [1.82, 2.24) is 0 Å². The van der Waals surface area contributed by atoms with Crippen molar-refractivity contribution in [3.05, 3.63) is 6.04 Å². The first kappa shape index (κ1) is 13.1. The van der Waals surface area contributed by atoms with E-state index in [1.807, 2.05) is 13.8 Å². The van der Waals surface area contributed by atoms with Crippen LogP contribution in [-0.2, 0) is 8.85 Å². The van der Waals surface area contributed by atoms with Gasteiger partial charge < -0.3 is 8.85 Å². The third-order valence-corrected chi connectivity index (χ3v) is 4.69. The average molecular weight is 203 g/mol. The van der Waals surface area contributed by atoms with E-state index in [0.29, 0.717) is 0 Å². The largest absolute Gasteiger partial charge is 0.394 e. The van der Waals surface area contributed by atoms with E-state index in [-0.39, 0.29) is 0 Å². The normalized spacial score (nSPS) is 12.0. The van der Waals surface area contributed by atoms with Crippen LogP contribution in [0.4, 0.5) is 0 Å². The van der Waals surface area contributed by atoms with Crippen LogP contribution < -0.4 is 0 Å². The van der Waals surface area contributed by atoms with Gasteiger partial charge in [0.15, 0.2) is 0 Å². The maximum Gasteiger partial charge on any atom is 0.338 e. The summed E-state index contributed by atoms with van der Waals surface area (Å²) in [7, 11) is -1.91. The highest BCUT2D eigenvalue weighted by molar-refractivity contribution is 6.69. The maximum absolute atomic E-state index is 5.68. The van der Waals surface area contributed by atoms with Gasteiger partial charge in [0.1, 0.15) is 0 Å². The third kappa shape index (κ3) is 6.24. The smallest absolute Gasteiger partial charge is 0.338 e. The summed E-state index contributed by atoms with van der Waals surface area (Å²) in [6.45, 7) is 9.89. The van der Waals surface area contributed by atoms with Gasteiger partial charge in [-0.1, -0.05) is 19.8 Å². The van der Waals surface area contributed by atoms with Crippen molar-refractivity contribution in [3.63, 3.8) is 0 Å². The van der Waals surface area contributed by atoms with Gasteiger partial charge in [0.05, 0.1) is 0 Å². The highest BCUT2D eigenvalue weighted by Crippen LogP contribution is 2.15. The minimum absolute atomic E-state index is 0.755. The number of unbranched alkanes of at least 4 members (excludes halogenated alkanes) is 2. The van der Waals surface area contributed by atoms with Gasteiger partial charge in [0.25, 0.3) is 0 Å². The van der Waals surface area contributed by atoms with Crippen LogP contribution in [0.15, 0.2) is 0 Å². The van der Waals surface area contributed by atoms with Crippen molar-refractivity contribution in [2.24, 2.45) is 0 Å². The van der Waals surface area contributed by atoms with Crippen molar-refractivity contribution in [2.75, 3.05) is 13.2 Å². The zero-order valence-corrected chi connectivity index (χ0v) is 10.4. The summed E-state index contributed by atoms with van der Waals surface area (Å²) in [6, 6.07) is 2.27. The molecule has 0 aliphatic rings. The molecular weight excluding hydrogens is 180 g/mol. The summed E-state index contributed by atoms with van der Waals surface area (Å²) in [6.07, 6.45) is 3.60. The SMILES string of the molecule is CCCC[CH][Si](C)(OCC)OCC. The van der Waals surface area contributed by atoms with Crippen molar-refractivity contribution < 1.29 is 8.85 Å². The summed E-state index contributed by atoms with van der Waals surface area (Å²) >= 11 is 0. The quantitative estimate of drug-likeness (QED) is 0.446. The Balaban J connectivity index is 3.76. The fourth-order valence-electron chi connectivity index (χ4n) is 1.30. The molecule has 0 N–H and O–H groups in total. The van der Waals surface area contributed by atoms with E-state index in [1.165, 1.54) is 12.8 Å². The lowest BCUT2D eigenvalue weighted by atomic mass is 10.3. The molecule has 79 valence electrons. The van der Waals surface area contributed by atoms with Crippen molar-refractivity contribution in [2.45, 2.75) is 46.6 Å². The van der Waals surface area contributed by atoms with Gasteiger partial charge in [0.2, 0.25) is 0 Å². The van der Waals surface area contributed by atoms with Crippen LogP contribution in [0.5, 0.6) is 0 Å². The topological polar surface area (TPSA) is 18.5 Å². The second-order valence-corrected chi connectivity index (χ2v) is 6.25. The lowest BCUT2D eigenvalue weighted by molar-refractivity contribution is 0.195.